The Morgan fingerprint density at radius 2 is 2.25 bits per heavy atom. The molecule has 1 aliphatic heterocycles. The highest BCUT2D eigenvalue weighted by Crippen LogP contribution is 2.10. The summed E-state index contributed by atoms with van der Waals surface area (Å²) in [7, 11) is 2.25. The molecule has 1 aromatic rings. The van der Waals surface area contributed by atoms with Crippen LogP contribution in [0.25, 0.3) is 0 Å². The molecule has 0 amide bonds. The first kappa shape index (κ1) is 11.6. The molecule has 4 nitrogen and oxygen atoms in total. The van der Waals surface area contributed by atoms with Gasteiger partial charge in [-0.2, -0.15) is 5.10 Å². The van der Waals surface area contributed by atoms with Crippen molar-refractivity contribution in [3.05, 3.63) is 18.5 Å². The molecule has 2 heterocycles. The number of hydrogen-bond acceptors (Lipinski definition) is 3. The summed E-state index contributed by atoms with van der Waals surface area (Å²) < 4.78 is 2.01. The second-order valence-corrected chi connectivity index (χ2v) is 4.58. The van der Waals surface area contributed by atoms with E-state index in [1.165, 1.54) is 38.9 Å². The van der Waals surface area contributed by atoms with E-state index in [9.17, 15) is 0 Å². The molecule has 2 rings (SSSR count). The molecule has 1 aliphatic rings. The monoisotopic (exact) mass is 222 g/mol. The maximum Gasteiger partial charge on any atom is 0.0489 e. The van der Waals surface area contributed by atoms with Gasteiger partial charge in [-0.15, -0.1) is 0 Å². The molecule has 0 atom stereocenters. The number of nitrogens with one attached hydrogen (secondary N) is 1. The first-order valence-electron chi connectivity index (χ1n) is 6.24. The van der Waals surface area contributed by atoms with Crippen molar-refractivity contribution in [2.24, 2.45) is 0 Å². The van der Waals surface area contributed by atoms with Crippen molar-refractivity contribution in [3.8, 4) is 0 Å². The van der Waals surface area contributed by atoms with Gasteiger partial charge in [-0.1, -0.05) is 0 Å². The lowest BCUT2D eigenvalue weighted by molar-refractivity contribution is 0.194. The third-order valence-electron chi connectivity index (χ3n) is 3.39. The van der Waals surface area contributed by atoms with Crippen LogP contribution in [0.1, 0.15) is 19.3 Å². The lowest BCUT2D eigenvalue weighted by atomic mass is 10.1. The van der Waals surface area contributed by atoms with E-state index in [4.69, 9.17) is 0 Å². The Morgan fingerprint density at radius 3 is 2.94 bits per heavy atom. The van der Waals surface area contributed by atoms with Crippen molar-refractivity contribution >= 4 is 0 Å². The average molecular weight is 222 g/mol. The van der Waals surface area contributed by atoms with Gasteiger partial charge in [0.1, 0.15) is 0 Å². The summed E-state index contributed by atoms with van der Waals surface area (Å²) in [5.41, 5.74) is 0. The lowest BCUT2D eigenvalue weighted by Gasteiger charge is -2.31. The van der Waals surface area contributed by atoms with Crippen LogP contribution in [0, 0.1) is 0 Å². The van der Waals surface area contributed by atoms with Crippen LogP contribution >= 0.6 is 0 Å². The lowest BCUT2D eigenvalue weighted by Crippen LogP contribution is -2.41. The zero-order valence-electron chi connectivity index (χ0n) is 10.1. The van der Waals surface area contributed by atoms with Crippen LogP contribution in [0.5, 0.6) is 0 Å². The molecule has 1 saturated heterocycles. The maximum atomic E-state index is 4.21. The normalized spacial score (nSPS) is 18.1. The fraction of sp³-hybridized carbons (Fsp3) is 0.750. The molecule has 16 heavy (non-hydrogen) atoms. The summed E-state index contributed by atoms with van der Waals surface area (Å²) >= 11 is 0. The number of aromatic nitrogens is 2. The van der Waals surface area contributed by atoms with Crippen molar-refractivity contribution in [2.45, 2.75) is 31.8 Å². The molecule has 4 heteroatoms. The zero-order valence-corrected chi connectivity index (χ0v) is 10.1. The Balaban J connectivity index is 1.65. The molecule has 0 spiro atoms. The topological polar surface area (TPSA) is 33.1 Å². The minimum Gasteiger partial charge on any atom is -0.317 e. The van der Waals surface area contributed by atoms with Crippen LogP contribution in [-0.4, -0.2) is 47.4 Å². The minimum absolute atomic E-state index is 0.777. The van der Waals surface area contributed by atoms with Gasteiger partial charge in [-0.25, -0.2) is 0 Å². The van der Waals surface area contributed by atoms with Crippen molar-refractivity contribution in [1.29, 1.82) is 0 Å². The average Bonchev–Trinajstić information content (AvgIpc) is 2.83. The van der Waals surface area contributed by atoms with Crippen molar-refractivity contribution in [3.63, 3.8) is 0 Å². The fourth-order valence-electron chi connectivity index (χ4n) is 2.34. The van der Waals surface area contributed by atoms with Gasteiger partial charge in [0.25, 0.3) is 0 Å². The second-order valence-electron chi connectivity index (χ2n) is 4.58. The quantitative estimate of drug-likeness (QED) is 0.805. The number of piperidine rings is 1. The van der Waals surface area contributed by atoms with Crippen molar-refractivity contribution < 1.29 is 0 Å². The van der Waals surface area contributed by atoms with Gasteiger partial charge in [0.05, 0.1) is 0 Å². The van der Waals surface area contributed by atoms with Crippen LogP contribution < -0.4 is 5.32 Å². The Bertz CT molecular complexity index is 277. The summed E-state index contributed by atoms with van der Waals surface area (Å²) in [6.45, 7) is 4.55. The van der Waals surface area contributed by atoms with Gasteiger partial charge in [-0.3, -0.25) is 4.68 Å². The second kappa shape index (κ2) is 6.01. The first-order valence-corrected chi connectivity index (χ1v) is 6.24. The van der Waals surface area contributed by atoms with Gasteiger partial charge >= 0.3 is 0 Å². The minimum atomic E-state index is 0.777. The number of aryl methyl sites for hydroxylation is 1. The Labute approximate surface area is 97.6 Å². The zero-order chi connectivity index (χ0) is 11.2. The Morgan fingerprint density at radius 1 is 1.44 bits per heavy atom. The summed E-state index contributed by atoms with van der Waals surface area (Å²) in [5.74, 6) is 0. The van der Waals surface area contributed by atoms with Crippen LogP contribution in [0.3, 0.4) is 0 Å². The van der Waals surface area contributed by atoms with E-state index in [0.717, 1.165) is 12.6 Å². The molecule has 0 saturated carbocycles. The third kappa shape index (κ3) is 3.32. The van der Waals surface area contributed by atoms with Crippen LogP contribution in [-0.2, 0) is 6.54 Å². The first-order chi connectivity index (χ1) is 7.86. The smallest absolute Gasteiger partial charge is 0.0489 e. The van der Waals surface area contributed by atoms with E-state index in [1.54, 1.807) is 0 Å². The molecule has 0 radical (unpaired) electrons. The van der Waals surface area contributed by atoms with E-state index in [0.29, 0.717) is 0 Å². The highest BCUT2D eigenvalue weighted by molar-refractivity contribution is 4.78. The summed E-state index contributed by atoms with van der Waals surface area (Å²) in [5, 5.41) is 7.62. The van der Waals surface area contributed by atoms with E-state index < -0.39 is 0 Å². The van der Waals surface area contributed by atoms with Crippen LogP contribution in [0.15, 0.2) is 18.5 Å². The number of hydrogen-bond donors (Lipinski definition) is 1. The van der Waals surface area contributed by atoms with E-state index in [2.05, 4.69) is 22.4 Å². The molecular formula is C12H22N4. The summed E-state index contributed by atoms with van der Waals surface area (Å²) in [6.07, 6.45) is 7.64. The van der Waals surface area contributed by atoms with Crippen LogP contribution in [0.4, 0.5) is 0 Å². The molecule has 1 N–H and O–H groups in total. The third-order valence-corrected chi connectivity index (χ3v) is 3.39. The van der Waals surface area contributed by atoms with Gasteiger partial charge < -0.3 is 10.2 Å². The highest BCUT2D eigenvalue weighted by atomic mass is 15.3. The van der Waals surface area contributed by atoms with Crippen molar-refractivity contribution in [2.75, 3.05) is 26.7 Å². The molecule has 1 fully saturated rings. The predicted molar refractivity (Wildman–Crippen MR) is 65.4 cm³/mol. The summed E-state index contributed by atoms with van der Waals surface area (Å²) in [6, 6.07) is 2.76. The molecule has 0 bridgehead atoms. The standard InChI is InChI=1S/C12H22N4/c1-15(12-4-7-13-8-5-12)9-3-11-16-10-2-6-14-16/h2,6,10,12-13H,3-5,7-9,11H2,1H3. The predicted octanol–water partition coefficient (Wildman–Crippen LogP) is 0.957. The van der Waals surface area contributed by atoms with E-state index in [1.807, 2.05) is 23.1 Å². The maximum absolute atomic E-state index is 4.21. The van der Waals surface area contributed by atoms with E-state index in [-0.39, 0.29) is 0 Å². The molecule has 1 aromatic heterocycles. The SMILES string of the molecule is CN(CCCn1cccn1)C1CCNCC1. The Hall–Kier alpha value is -0.870. The molecule has 0 aromatic carbocycles. The largest absolute Gasteiger partial charge is 0.317 e. The molecule has 0 aliphatic carbocycles. The number of rotatable bonds is 5. The van der Waals surface area contributed by atoms with Gasteiger partial charge in [-0.05, 0) is 52.0 Å². The van der Waals surface area contributed by atoms with Crippen molar-refractivity contribution in [1.82, 2.24) is 20.0 Å². The highest BCUT2D eigenvalue weighted by Gasteiger charge is 2.16. The van der Waals surface area contributed by atoms with E-state index >= 15 is 0 Å². The number of nitrogens with zero attached hydrogens (tertiary/aromatic N) is 3. The Kier molecular flexibility index (Phi) is 4.36. The molecule has 90 valence electrons. The summed E-state index contributed by atoms with van der Waals surface area (Å²) in [4.78, 5) is 2.50. The van der Waals surface area contributed by atoms with Crippen LogP contribution in [0.2, 0.25) is 0 Å². The fourth-order valence-corrected chi connectivity index (χ4v) is 2.34. The molecule has 0 unspecified atom stereocenters. The van der Waals surface area contributed by atoms with Gasteiger partial charge in [0, 0.05) is 25.0 Å². The molecular weight excluding hydrogens is 200 g/mol. The van der Waals surface area contributed by atoms with Gasteiger partial charge in [0.15, 0.2) is 0 Å². The van der Waals surface area contributed by atoms with Gasteiger partial charge in [0.2, 0.25) is 0 Å².